The van der Waals surface area contributed by atoms with Gasteiger partial charge in [0.2, 0.25) is 0 Å². The van der Waals surface area contributed by atoms with Crippen LogP contribution in [-0.4, -0.2) is 19.1 Å². The van der Waals surface area contributed by atoms with Crippen LogP contribution in [0.5, 0.6) is 0 Å². The molecule has 0 bridgehead atoms. The minimum absolute atomic E-state index is 0.194. The predicted molar refractivity (Wildman–Crippen MR) is 75.3 cm³/mol. The summed E-state index contributed by atoms with van der Waals surface area (Å²) in [6.07, 6.45) is -3.52. The van der Waals surface area contributed by atoms with Gasteiger partial charge in [0, 0.05) is 17.1 Å². The highest BCUT2D eigenvalue weighted by Gasteiger charge is 2.31. The third kappa shape index (κ3) is 4.38. The van der Waals surface area contributed by atoms with E-state index in [-0.39, 0.29) is 6.04 Å². The van der Waals surface area contributed by atoms with E-state index in [1.54, 1.807) is 0 Å². The molecular weight excluding hydrogens is 321 g/mol. The fourth-order valence-electron chi connectivity index (χ4n) is 1.83. The number of hydrogen-bond acceptors (Lipinski definition) is 2. The van der Waals surface area contributed by atoms with Gasteiger partial charge in [-0.15, -0.1) is 0 Å². The molecule has 0 heterocycles. The number of halogens is 4. The molecule has 0 aliphatic carbocycles. The molecule has 0 saturated heterocycles. The Kier molecular flexibility index (Phi) is 5.67. The van der Waals surface area contributed by atoms with Gasteiger partial charge in [-0.05, 0) is 60.9 Å². The molecule has 2 nitrogen and oxygen atoms in total. The normalized spacial score (nSPS) is 12.0. The van der Waals surface area contributed by atoms with E-state index >= 15 is 0 Å². The molecule has 1 rings (SSSR count). The second kappa shape index (κ2) is 6.61. The van der Waals surface area contributed by atoms with Gasteiger partial charge in [-0.1, -0.05) is 0 Å². The monoisotopic (exact) mass is 338 g/mol. The van der Waals surface area contributed by atoms with Gasteiger partial charge in [0.15, 0.2) is 0 Å². The van der Waals surface area contributed by atoms with Crippen molar-refractivity contribution >= 4 is 21.6 Å². The maximum atomic E-state index is 12.6. The molecule has 0 aromatic heterocycles. The number of anilines is 1. The van der Waals surface area contributed by atoms with Crippen LogP contribution in [0.1, 0.15) is 25.8 Å². The Bertz CT molecular complexity index is 419. The van der Waals surface area contributed by atoms with E-state index in [1.165, 1.54) is 6.07 Å². The van der Waals surface area contributed by atoms with Crippen LogP contribution in [0.3, 0.4) is 0 Å². The van der Waals surface area contributed by atoms with Crippen LogP contribution < -0.4 is 10.6 Å². The lowest BCUT2D eigenvalue weighted by atomic mass is 10.1. The van der Waals surface area contributed by atoms with Gasteiger partial charge >= 0.3 is 6.18 Å². The van der Waals surface area contributed by atoms with E-state index in [0.717, 1.165) is 30.8 Å². The van der Waals surface area contributed by atoms with Gasteiger partial charge in [0.1, 0.15) is 0 Å². The highest BCUT2D eigenvalue weighted by molar-refractivity contribution is 9.10. The first-order valence-electron chi connectivity index (χ1n) is 6.10. The Morgan fingerprint density at radius 3 is 2.37 bits per heavy atom. The van der Waals surface area contributed by atoms with Crippen LogP contribution in [0.2, 0.25) is 0 Å². The number of rotatable bonds is 5. The van der Waals surface area contributed by atoms with Gasteiger partial charge in [0.05, 0.1) is 11.3 Å². The molecule has 1 aromatic carbocycles. The maximum absolute atomic E-state index is 12.6. The highest BCUT2D eigenvalue weighted by Crippen LogP contribution is 2.35. The van der Waals surface area contributed by atoms with Crippen molar-refractivity contribution in [2.24, 2.45) is 5.73 Å². The number of benzene rings is 1. The smallest absolute Gasteiger partial charge is 0.368 e. The predicted octanol–water partition coefficient (Wildman–Crippen LogP) is 4.03. The number of hydrogen-bond donors (Lipinski definition) is 1. The Hall–Kier alpha value is -0.750. The van der Waals surface area contributed by atoms with Crippen molar-refractivity contribution in [3.63, 3.8) is 0 Å². The molecule has 0 amide bonds. The molecule has 0 radical (unpaired) electrons. The first-order valence-corrected chi connectivity index (χ1v) is 6.90. The van der Waals surface area contributed by atoms with Gasteiger partial charge in [-0.25, -0.2) is 0 Å². The second-order valence-corrected chi connectivity index (χ2v) is 5.45. The largest absolute Gasteiger partial charge is 0.416 e. The molecule has 2 N–H and O–H groups in total. The Labute approximate surface area is 119 Å². The number of nitrogens with two attached hydrogens (primary N) is 1. The number of nitrogens with zero attached hydrogens (tertiary/aromatic N) is 1. The quantitative estimate of drug-likeness (QED) is 0.878. The van der Waals surface area contributed by atoms with Crippen molar-refractivity contribution in [2.45, 2.75) is 32.5 Å². The van der Waals surface area contributed by atoms with Gasteiger partial charge in [-0.2, -0.15) is 13.2 Å². The molecule has 0 atom stereocenters. The van der Waals surface area contributed by atoms with Gasteiger partial charge in [-0.3, -0.25) is 0 Å². The molecule has 0 unspecified atom stereocenters. The molecule has 0 fully saturated rings. The average molecular weight is 339 g/mol. The van der Waals surface area contributed by atoms with Crippen LogP contribution in [0.15, 0.2) is 22.7 Å². The molecule has 19 heavy (non-hydrogen) atoms. The van der Waals surface area contributed by atoms with Crippen LogP contribution in [0, 0.1) is 0 Å². The molecule has 108 valence electrons. The van der Waals surface area contributed by atoms with Gasteiger partial charge < -0.3 is 10.6 Å². The third-order valence-electron chi connectivity index (χ3n) is 2.81. The second-order valence-electron chi connectivity index (χ2n) is 4.59. The van der Waals surface area contributed by atoms with E-state index in [0.29, 0.717) is 11.0 Å². The molecule has 0 spiro atoms. The van der Waals surface area contributed by atoms with Crippen molar-refractivity contribution in [1.82, 2.24) is 0 Å². The minimum atomic E-state index is -4.32. The molecule has 6 heteroatoms. The first-order chi connectivity index (χ1) is 8.77. The van der Waals surface area contributed by atoms with Crippen molar-refractivity contribution < 1.29 is 13.2 Å². The van der Waals surface area contributed by atoms with E-state index in [1.807, 2.05) is 18.7 Å². The minimum Gasteiger partial charge on any atom is -0.368 e. The summed E-state index contributed by atoms with van der Waals surface area (Å²) in [6.45, 7) is 5.28. The standard InChI is InChI=1S/C13H18BrF3N2/c1-9(2)19(7-3-6-18)12-5-4-10(8-11(12)14)13(15,16)17/h4-5,8-9H,3,6-7,18H2,1-2H3. The van der Waals surface area contributed by atoms with Crippen molar-refractivity contribution in [3.05, 3.63) is 28.2 Å². The van der Waals surface area contributed by atoms with E-state index in [9.17, 15) is 13.2 Å². The molecular formula is C13H18BrF3N2. The van der Waals surface area contributed by atoms with Crippen molar-refractivity contribution in [1.29, 1.82) is 0 Å². The van der Waals surface area contributed by atoms with Crippen LogP contribution in [0.25, 0.3) is 0 Å². The summed E-state index contributed by atoms with van der Waals surface area (Å²) in [5.74, 6) is 0. The van der Waals surface area contributed by atoms with Crippen LogP contribution >= 0.6 is 15.9 Å². The van der Waals surface area contributed by atoms with E-state index in [4.69, 9.17) is 5.73 Å². The summed E-state index contributed by atoms with van der Waals surface area (Å²) in [7, 11) is 0. The summed E-state index contributed by atoms with van der Waals surface area (Å²) in [6, 6.07) is 3.92. The SMILES string of the molecule is CC(C)N(CCCN)c1ccc(C(F)(F)F)cc1Br. The molecule has 0 aliphatic heterocycles. The van der Waals surface area contributed by atoms with E-state index in [2.05, 4.69) is 15.9 Å². The zero-order valence-electron chi connectivity index (χ0n) is 11.0. The average Bonchev–Trinajstić information content (AvgIpc) is 2.29. The Morgan fingerprint density at radius 2 is 1.95 bits per heavy atom. The Morgan fingerprint density at radius 1 is 1.32 bits per heavy atom. The maximum Gasteiger partial charge on any atom is 0.416 e. The summed E-state index contributed by atoms with van der Waals surface area (Å²) in [4.78, 5) is 2.04. The Balaban J connectivity index is 3.05. The fraction of sp³-hybridized carbons (Fsp3) is 0.538. The zero-order chi connectivity index (χ0) is 14.6. The zero-order valence-corrected chi connectivity index (χ0v) is 12.6. The summed E-state index contributed by atoms with van der Waals surface area (Å²) in [5, 5.41) is 0. The van der Waals surface area contributed by atoms with Crippen LogP contribution in [-0.2, 0) is 6.18 Å². The topological polar surface area (TPSA) is 29.3 Å². The summed E-state index contributed by atoms with van der Waals surface area (Å²) >= 11 is 3.23. The summed E-state index contributed by atoms with van der Waals surface area (Å²) < 4.78 is 38.3. The number of alkyl halides is 3. The van der Waals surface area contributed by atoms with Crippen molar-refractivity contribution in [3.8, 4) is 0 Å². The van der Waals surface area contributed by atoms with E-state index < -0.39 is 11.7 Å². The van der Waals surface area contributed by atoms with Crippen LogP contribution in [0.4, 0.5) is 18.9 Å². The summed E-state index contributed by atoms with van der Waals surface area (Å²) in [5.41, 5.74) is 5.60. The first kappa shape index (κ1) is 16.3. The lowest BCUT2D eigenvalue weighted by Gasteiger charge is -2.30. The van der Waals surface area contributed by atoms with Gasteiger partial charge in [0.25, 0.3) is 0 Å². The third-order valence-corrected chi connectivity index (χ3v) is 3.45. The van der Waals surface area contributed by atoms with Crippen molar-refractivity contribution in [2.75, 3.05) is 18.0 Å². The molecule has 0 aliphatic rings. The highest BCUT2D eigenvalue weighted by atomic mass is 79.9. The lowest BCUT2D eigenvalue weighted by Crippen LogP contribution is -2.33. The molecule has 0 saturated carbocycles. The lowest BCUT2D eigenvalue weighted by molar-refractivity contribution is -0.137. The molecule has 1 aromatic rings. The fourth-order valence-corrected chi connectivity index (χ4v) is 2.44.